The zero-order valence-corrected chi connectivity index (χ0v) is 12.1. The van der Waals surface area contributed by atoms with Gasteiger partial charge >= 0.3 is 0 Å². The summed E-state index contributed by atoms with van der Waals surface area (Å²) in [7, 11) is -2.38. The third-order valence-corrected chi connectivity index (χ3v) is 4.11. The average Bonchev–Trinajstić information content (AvgIpc) is 2.28. The number of hydrogen-bond donors (Lipinski definition) is 2. The summed E-state index contributed by atoms with van der Waals surface area (Å²) >= 11 is 1.65. The third kappa shape index (κ3) is 4.16. The largest absolute Gasteiger partial charge is 0.495 e. The fourth-order valence-electron chi connectivity index (χ4n) is 1.65. The molecular formula is C11H18N2O3S2. The first-order valence-corrected chi connectivity index (χ1v) is 8.26. The topological polar surface area (TPSA) is 95.4 Å². The van der Waals surface area contributed by atoms with Crippen molar-refractivity contribution in [2.75, 3.05) is 19.1 Å². The number of hydrogen-bond acceptors (Lipinski definition) is 5. The van der Waals surface area contributed by atoms with Crippen molar-refractivity contribution in [3.05, 3.63) is 23.8 Å². The van der Waals surface area contributed by atoms with E-state index in [1.54, 1.807) is 23.9 Å². The molecule has 1 atom stereocenters. The predicted octanol–water partition coefficient (Wildman–Crippen LogP) is 0.575. The molecule has 0 aliphatic rings. The van der Waals surface area contributed by atoms with E-state index < -0.39 is 10.0 Å². The molecule has 0 aliphatic carbocycles. The first-order chi connectivity index (χ1) is 8.38. The van der Waals surface area contributed by atoms with Crippen LogP contribution in [0.3, 0.4) is 0 Å². The van der Waals surface area contributed by atoms with Crippen LogP contribution in [0, 0.1) is 0 Å². The maximum atomic E-state index is 11.4. The Morgan fingerprint density at radius 1 is 1.44 bits per heavy atom. The van der Waals surface area contributed by atoms with E-state index in [1.165, 1.54) is 13.2 Å². The lowest BCUT2D eigenvalue weighted by molar-refractivity contribution is 0.402. The van der Waals surface area contributed by atoms with Crippen LogP contribution in [0.1, 0.15) is 5.56 Å². The molecular weight excluding hydrogens is 272 g/mol. The van der Waals surface area contributed by atoms with Gasteiger partial charge in [0.25, 0.3) is 0 Å². The van der Waals surface area contributed by atoms with Crippen molar-refractivity contribution in [3.8, 4) is 5.75 Å². The molecule has 18 heavy (non-hydrogen) atoms. The second-order valence-corrected chi connectivity index (χ2v) is 6.39. The molecule has 1 unspecified atom stereocenters. The Kier molecular flexibility index (Phi) is 5.46. The highest BCUT2D eigenvalue weighted by Gasteiger charge is 2.16. The lowest BCUT2D eigenvalue weighted by Gasteiger charge is -2.12. The molecule has 5 nitrogen and oxygen atoms in total. The van der Waals surface area contributed by atoms with Gasteiger partial charge in [-0.2, -0.15) is 11.8 Å². The van der Waals surface area contributed by atoms with E-state index in [4.69, 9.17) is 15.6 Å². The van der Waals surface area contributed by atoms with Gasteiger partial charge in [-0.25, -0.2) is 13.6 Å². The molecule has 0 aliphatic heterocycles. The fourth-order valence-corrected chi connectivity index (χ4v) is 2.94. The Morgan fingerprint density at radius 3 is 2.61 bits per heavy atom. The fraction of sp³-hybridized carbons (Fsp3) is 0.455. The highest BCUT2D eigenvalue weighted by atomic mass is 32.2. The predicted molar refractivity (Wildman–Crippen MR) is 74.4 cm³/mol. The monoisotopic (exact) mass is 290 g/mol. The minimum Gasteiger partial charge on any atom is -0.495 e. The van der Waals surface area contributed by atoms with Gasteiger partial charge in [0.1, 0.15) is 10.6 Å². The molecule has 0 radical (unpaired) electrons. The van der Waals surface area contributed by atoms with Gasteiger partial charge in [0, 0.05) is 11.8 Å². The lowest BCUT2D eigenvalue weighted by atomic mass is 10.1. The van der Waals surface area contributed by atoms with Crippen LogP contribution >= 0.6 is 11.8 Å². The standard InChI is InChI=1S/C11H18N2O3S2/c1-16-10-4-3-8(5-9(12)7-17-2)6-11(10)18(13,14)15/h3-4,6,9H,5,7,12H2,1-2H3,(H2,13,14,15). The van der Waals surface area contributed by atoms with Gasteiger partial charge in [-0.05, 0) is 30.4 Å². The van der Waals surface area contributed by atoms with Gasteiger partial charge in [-0.3, -0.25) is 0 Å². The molecule has 4 N–H and O–H groups in total. The lowest BCUT2D eigenvalue weighted by Crippen LogP contribution is -2.25. The van der Waals surface area contributed by atoms with Crippen molar-refractivity contribution in [2.45, 2.75) is 17.4 Å². The summed E-state index contributed by atoms with van der Waals surface area (Å²) in [5.41, 5.74) is 6.75. The van der Waals surface area contributed by atoms with Crippen molar-refractivity contribution in [3.63, 3.8) is 0 Å². The molecule has 0 spiro atoms. The number of benzene rings is 1. The van der Waals surface area contributed by atoms with Crippen molar-refractivity contribution < 1.29 is 13.2 Å². The summed E-state index contributed by atoms with van der Waals surface area (Å²) in [5.74, 6) is 1.07. The molecule has 102 valence electrons. The molecule has 0 saturated carbocycles. The van der Waals surface area contributed by atoms with E-state index >= 15 is 0 Å². The number of nitrogens with two attached hydrogens (primary N) is 2. The Hall–Kier alpha value is -0.760. The van der Waals surface area contributed by atoms with E-state index in [0.29, 0.717) is 6.42 Å². The van der Waals surface area contributed by atoms with Crippen molar-refractivity contribution >= 4 is 21.8 Å². The number of ether oxygens (including phenoxy) is 1. The van der Waals surface area contributed by atoms with Gasteiger partial charge in [0.2, 0.25) is 10.0 Å². The van der Waals surface area contributed by atoms with Gasteiger partial charge in [0.15, 0.2) is 0 Å². The van der Waals surface area contributed by atoms with E-state index in [2.05, 4.69) is 0 Å². The van der Waals surface area contributed by atoms with Crippen LogP contribution in [0.4, 0.5) is 0 Å². The summed E-state index contributed by atoms with van der Waals surface area (Å²) in [5, 5.41) is 5.15. The van der Waals surface area contributed by atoms with Crippen LogP contribution in [0.2, 0.25) is 0 Å². The second-order valence-electron chi connectivity index (χ2n) is 3.95. The normalized spacial score (nSPS) is 13.3. The number of sulfonamides is 1. The van der Waals surface area contributed by atoms with Crippen LogP contribution in [-0.2, 0) is 16.4 Å². The van der Waals surface area contributed by atoms with Crippen LogP contribution in [0.5, 0.6) is 5.75 Å². The van der Waals surface area contributed by atoms with Crippen LogP contribution in [0.15, 0.2) is 23.1 Å². The number of rotatable bonds is 6. The molecule has 0 amide bonds. The highest BCUT2D eigenvalue weighted by molar-refractivity contribution is 7.98. The molecule has 1 rings (SSSR count). The summed E-state index contributed by atoms with van der Waals surface area (Å²) in [6.07, 6.45) is 2.58. The second kappa shape index (κ2) is 6.42. The minimum atomic E-state index is -3.79. The highest BCUT2D eigenvalue weighted by Crippen LogP contribution is 2.24. The summed E-state index contributed by atoms with van der Waals surface area (Å²) in [4.78, 5) is -0.00106. The zero-order valence-electron chi connectivity index (χ0n) is 10.4. The zero-order chi connectivity index (χ0) is 13.8. The smallest absolute Gasteiger partial charge is 0.241 e. The van der Waals surface area contributed by atoms with Gasteiger partial charge in [0.05, 0.1) is 7.11 Å². The Morgan fingerprint density at radius 2 is 2.11 bits per heavy atom. The van der Waals surface area contributed by atoms with Crippen molar-refractivity contribution in [1.82, 2.24) is 0 Å². The quantitative estimate of drug-likeness (QED) is 0.799. The Bertz CT molecular complexity index is 503. The van der Waals surface area contributed by atoms with Crippen LogP contribution in [0.25, 0.3) is 0 Å². The molecule has 0 bridgehead atoms. The third-order valence-electron chi connectivity index (χ3n) is 2.41. The van der Waals surface area contributed by atoms with E-state index in [1.807, 2.05) is 6.26 Å². The maximum absolute atomic E-state index is 11.4. The molecule has 1 aromatic rings. The molecule has 0 fully saturated rings. The van der Waals surface area contributed by atoms with Crippen molar-refractivity contribution in [2.24, 2.45) is 10.9 Å². The first-order valence-electron chi connectivity index (χ1n) is 5.32. The Balaban J connectivity index is 3.04. The van der Waals surface area contributed by atoms with Gasteiger partial charge in [-0.15, -0.1) is 0 Å². The number of primary sulfonamides is 1. The first kappa shape index (κ1) is 15.3. The molecule has 1 aromatic carbocycles. The number of methoxy groups -OCH3 is 1. The van der Waals surface area contributed by atoms with Gasteiger partial charge in [-0.1, -0.05) is 6.07 Å². The Labute approximate surface area is 112 Å². The molecule has 0 heterocycles. The average molecular weight is 290 g/mol. The van der Waals surface area contributed by atoms with Crippen LogP contribution in [-0.4, -0.2) is 33.6 Å². The number of thioether (sulfide) groups is 1. The van der Waals surface area contributed by atoms with E-state index in [0.717, 1.165) is 11.3 Å². The summed E-state index contributed by atoms with van der Waals surface area (Å²) in [6.45, 7) is 0. The SMILES string of the molecule is COc1ccc(CC(N)CSC)cc1S(N)(=O)=O. The van der Waals surface area contributed by atoms with Gasteiger partial charge < -0.3 is 10.5 Å². The van der Waals surface area contributed by atoms with Crippen molar-refractivity contribution in [1.29, 1.82) is 0 Å². The van der Waals surface area contributed by atoms with Crippen LogP contribution < -0.4 is 15.6 Å². The summed E-state index contributed by atoms with van der Waals surface area (Å²) < 4.78 is 27.9. The minimum absolute atomic E-state index is 0.00106. The molecule has 0 saturated heterocycles. The molecule has 7 heteroatoms. The maximum Gasteiger partial charge on any atom is 0.241 e. The van der Waals surface area contributed by atoms with E-state index in [-0.39, 0.29) is 16.7 Å². The molecule has 0 aromatic heterocycles. The summed E-state index contributed by atoms with van der Waals surface area (Å²) in [6, 6.07) is 4.91. The van der Waals surface area contributed by atoms with E-state index in [9.17, 15) is 8.42 Å².